The van der Waals surface area contributed by atoms with E-state index in [9.17, 15) is 8.42 Å². The Morgan fingerprint density at radius 2 is 1.65 bits per heavy atom. The zero-order valence-corrected chi connectivity index (χ0v) is 12.0. The minimum atomic E-state index is -3.89. The molecule has 0 saturated carbocycles. The van der Waals surface area contributed by atoms with E-state index < -0.39 is 10.0 Å². The van der Waals surface area contributed by atoms with Crippen molar-refractivity contribution in [2.24, 2.45) is 0 Å². The van der Waals surface area contributed by atoms with Crippen LogP contribution in [0.3, 0.4) is 0 Å². The van der Waals surface area contributed by atoms with Gasteiger partial charge in [-0.2, -0.15) is 5.26 Å². The Kier molecular flexibility index (Phi) is 4.09. The summed E-state index contributed by atoms with van der Waals surface area (Å²) in [5.74, 6) is 0. The maximum atomic E-state index is 12.1. The average Bonchev–Trinajstić information content (AvgIpc) is 2.43. The SMILES string of the molecule is N#Cc1ccc(S(=O)(=O)Nc2c(Cl)ncnc2Cl)cc1. The minimum Gasteiger partial charge on any atom is -0.274 e. The maximum absolute atomic E-state index is 12.1. The molecule has 0 aliphatic heterocycles. The van der Waals surface area contributed by atoms with Crippen LogP contribution in [0.2, 0.25) is 10.3 Å². The molecule has 0 fully saturated rings. The van der Waals surface area contributed by atoms with Crippen LogP contribution >= 0.6 is 23.2 Å². The Hall–Kier alpha value is -1.88. The van der Waals surface area contributed by atoms with Gasteiger partial charge in [0.25, 0.3) is 10.0 Å². The molecule has 0 unspecified atom stereocenters. The highest BCUT2D eigenvalue weighted by Crippen LogP contribution is 2.28. The van der Waals surface area contributed by atoms with Crippen molar-refractivity contribution in [1.82, 2.24) is 9.97 Å². The second-order valence-corrected chi connectivity index (χ2v) is 5.97. The number of hydrogen-bond acceptors (Lipinski definition) is 5. The fourth-order valence-electron chi connectivity index (χ4n) is 1.33. The van der Waals surface area contributed by atoms with Crippen LogP contribution in [0.25, 0.3) is 0 Å². The Balaban J connectivity index is 2.38. The van der Waals surface area contributed by atoms with Crippen molar-refractivity contribution in [3.8, 4) is 6.07 Å². The second-order valence-electron chi connectivity index (χ2n) is 3.57. The normalized spacial score (nSPS) is 10.8. The lowest BCUT2D eigenvalue weighted by Gasteiger charge is -2.09. The van der Waals surface area contributed by atoms with Gasteiger partial charge in [0.05, 0.1) is 16.5 Å². The van der Waals surface area contributed by atoms with E-state index in [2.05, 4.69) is 14.7 Å². The fraction of sp³-hybridized carbons (Fsp3) is 0. The van der Waals surface area contributed by atoms with Gasteiger partial charge < -0.3 is 0 Å². The molecule has 1 aromatic heterocycles. The van der Waals surface area contributed by atoms with E-state index in [0.29, 0.717) is 5.56 Å². The van der Waals surface area contributed by atoms with Crippen molar-refractivity contribution in [3.05, 3.63) is 46.5 Å². The monoisotopic (exact) mass is 328 g/mol. The van der Waals surface area contributed by atoms with Crippen LogP contribution in [0.1, 0.15) is 5.56 Å². The summed E-state index contributed by atoms with van der Waals surface area (Å²) in [6, 6.07) is 7.27. The van der Waals surface area contributed by atoms with Crippen molar-refractivity contribution < 1.29 is 8.42 Å². The largest absolute Gasteiger partial charge is 0.274 e. The molecule has 6 nitrogen and oxygen atoms in total. The third-order valence-corrected chi connectivity index (χ3v) is 4.22. The maximum Gasteiger partial charge on any atom is 0.262 e. The van der Waals surface area contributed by atoms with Gasteiger partial charge in [-0.05, 0) is 24.3 Å². The van der Waals surface area contributed by atoms with Crippen LogP contribution in [0.4, 0.5) is 5.69 Å². The predicted molar refractivity (Wildman–Crippen MR) is 74.0 cm³/mol. The number of nitrogens with one attached hydrogen (secondary N) is 1. The van der Waals surface area contributed by atoms with E-state index in [4.69, 9.17) is 28.5 Å². The van der Waals surface area contributed by atoms with Gasteiger partial charge in [0.1, 0.15) is 12.0 Å². The van der Waals surface area contributed by atoms with Crippen LogP contribution in [0.15, 0.2) is 35.5 Å². The van der Waals surface area contributed by atoms with Crippen LogP contribution in [-0.2, 0) is 10.0 Å². The lowest BCUT2D eigenvalue weighted by atomic mass is 10.2. The molecule has 0 aliphatic carbocycles. The Morgan fingerprint density at radius 3 is 2.15 bits per heavy atom. The number of nitriles is 1. The fourth-order valence-corrected chi connectivity index (χ4v) is 2.93. The molecule has 9 heteroatoms. The molecule has 1 aromatic carbocycles. The number of anilines is 1. The number of aromatic nitrogens is 2. The zero-order valence-electron chi connectivity index (χ0n) is 9.71. The van der Waals surface area contributed by atoms with E-state index in [1.807, 2.05) is 6.07 Å². The van der Waals surface area contributed by atoms with Crippen molar-refractivity contribution in [2.45, 2.75) is 4.90 Å². The van der Waals surface area contributed by atoms with Crippen LogP contribution < -0.4 is 4.72 Å². The van der Waals surface area contributed by atoms with Gasteiger partial charge in [-0.15, -0.1) is 0 Å². The van der Waals surface area contributed by atoms with Gasteiger partial charge in [-0.1, -0.05) is 23.2 Å². The molecular weight excluding hydrogens is 323 g/mol. The third kappa shape index (κ3) is 2.99. The Labute approximate surface area is 125 Å². The lowest BCUT2D eigenvalue weighted by Crippen LogP contribution is -2.14. The van der Waals surface area contributed by atoms with Gasteiger partial charge in [0, 0.05) is 0 Å². The predicted octanol–water partition coefficient (Wildman–Crippen LogP) is 2.46. The van der Waals surface area contributed by atoms with E-state index in [0.717, 1.165) is 6.33 Å². The smallest absolute Gasteiger partial charge is 0.262 e. The molecule has 2 aromatic rings. The zero-order chi connectivity index (χ0) is 14.8. The molecule has 0 amide bonds. The summed E-state index contributed by atoms with van der Waals surface area (Å²) in [5, 5.41) is 8.45. The lowest BCUT2D eigenvalue weighted by molar-refractivity contribution is 0.601. The molecule has 1 heterocycles. The van der Waals surface area contributed by atoms with E-state index in [-0.39, 0.29) is 20.9 Å². The molecule has 0 aliphatic rings. The standard InChI is InChI=1S/C11H6Cl2N4O2S/c12-10-9(11(13)16-6-15-10)17-20(18,19)8-3-1-7(5-14)2-4-8/h1-4,6,17H. The molecular formula is C11H6Cl2N4O2S. The molecule has 20 heavy (non-hydrogen) atoms. The summed E-state index contributed by atoms with van der Waals surface area (Å²) in [5.41, 5.74) is 0.253. The van der Waals surface area contributed by atoms with Gasteiger partial charge in [-0.25, -0.2) is 18.4 Å². The number of nitrogens with zero attached hydrogens (tertiary/aromatic N) is 3. The first-order valence-corrected chi connectivity index (χ1v) is 7.37. The number of benzene rings is 1. The first kappa shape index (κ1) is 14.5. The molecule has 0 bridgehead atoms. The molecule has 102 valence electrons. The molecule has 2 rings (SSSR count). The van der Waals surface area contributed by atoms with Gasteiger partial charge in [-0.3, -0.25) is 4.72 Å². The third-order valence-electron chi connectivity index (χ3n) is 2.28. The van der Waals surface area contributed by atoms with Gasteiger partial charge in [0.2, 0.25) is 0 Å². The number of hydrogen-bond donors (Lipinski definition) is 1. The van der Waals surface area contributed by atoms with Gasteiger partial charge >= 0.3 is 0 Å². The summed E-state index contributed by atoms with van der Waals surface area (Å²) in [6.07, 6.45) is 1.12. The van der Waals surface area contributed by atoms with Crippen LogP contribution in [-0.4, -0.2) is 18.4 Å². The second kappa shape index (κ2) is 5.63. The quantitative estimate of drug-likeness (QED) is 0.873. The highest BCUT2D eigenvalue weighted by atomic mass is 35.5. The average molecular weight is 329 g/mol. The number of halogens is 2. The van der Waals surface area contributed by atoms with Crippen molar-refractivity contribution in [2.75, 3.05) is 4.72 Å². The van der Waals surface area contributed by atoms with E-state index in [1.165, 1.54) is 24.3 Å². The molecule has 0 atom stereocenters. The van der Waals surface area contributed by atoms with Crippen molar-refractivity contribution >= 4 is 38.9 Å². The van der Waals surface area contributed by atoms with Crippen LogP contribution in [0, 0.1) is 11.3 Å². The van der Waals surface area contributed by atoms with E-state index in [1.54, 1.807) is 0 Å². The van der Waals surface area contributed by atoms with Crippen LogP contribution in [0.5, 0.6) is 0 Å². The first-order valence-electron chi connectivity index (χ1n) is 5.13. The molecule has 0 spiro atoms. The summed E-state index contributed by atoms with van der Waals surface area (Å²) < 4.78 is 26.5. The number of sulfonamides is 1. The Bertz CT molecular complexity index is 765. The van der Waals surface area contributed by atoms with Crippen molar-refractivity contribution in [1.29, 1.82) is 5.26 Å². The first-order chi connectivity index (χ1) is 9.44. The topological polar surface area (TPSA) is 95.7 Å². The highest BCUT2D eigenvalue weighted by Gasteiger charge is 2.18. The Morgan fingerprint density at radius 1 is 1.10 bits per heavy atom. The summed E-state index contributed by atoms with van der Waals surface area (Å²) in [6.45, 7) is 0. The molecule has 0 saturated heterocycles. The minimum absolute atomic E-state index is 0.0347. The van der Waals surface area contributed by atoms with Crippen molar-refractivity contribution in [3.63, 3.8) is 0 Å². The summed E-state index contributed by atoms with van der Waals surface area (Å²) >= 11 is 11.5. The van der Waals surface area contributed by atoms with Gasteiger partial charge in [0.15, 0.2) is 10.3 Å². The van der Waals surface area contributed by atoms with E-state index >= 15 is 0 Å². The summed E-state index contributed by atoms with van der Waals surface area (Å²) in [7, 11) is -3.89. The molecule has 1 N–H and O–H groups in total. The highest BCUT2D eigenvalue weighted by molar-refractivity contribution is 7.92. The summed E-state index contributed by atoms with van der Waals surface area (Å²) in [4.78, 5) is 7.26. The number of rotatable bonds is 3. The molecule has 0 radical (unpaired) electrons.